The molecule has 0 aliphatic heterocycles. The molecule has 0 saturated carbocycles. The van der Waals surface area contributed by atoms with Crippen molar-refractivity contribution in [2.45, 2.75) is 6.54 Å². The zero-order valence-corrected chi connectivity index (χ0v) is 17.1. The van der Waals surface area contributed by atoms with Crippen LogP contribution in [0.1, 0.15) is 5.56 Å². The van der Waals surface area contributed by atoms with Gasteiger partial charge in [-0.1, -0.05) is 54.1 Å². The first kappa shape index (κ1) is 18.8. The summed E-state index contributed by atoms with van der Waals surface area (Å²) in [6.07, 6.45) is 0. The fraction of sp³-hybridized carbons (Fsp3) is 0.0435. The maximum atomic E-state index is 13.6. The van der Waals surface area contributed by atoms with E-state index in [0.717, 1.165) is 20.2 Å². The van der Waals surface area contributed by atoms with Gasteiger partial charge in [-0.25, -0.2) is 13.8 Å². The molecule has 0 N–H and O–H groups in total. The van der Waals surface area contributed by atoms with Crippen LogP contribution in [-0.2, 0) is 6.54 Å². The van der Waals surface area contributed by atoms with E-state index >= 15 is 0 Å². The van der Waals surface area contributed by atoms with Crippen LogP contribution in [0.25, 0.3) is 26.0 Å². The predicted octanol–water partition coefficient (Wildman–Crippen LogP) is 5.21. The molecule has 0 atom stereocenters. The number of thiophene rings is 1. The zero-order chi connectivity index (χ0) is 20.8. The third-order valence-corrected chi connectivity index (χ3v) is 6.47. The van der Waals surface area contributed by atoms with Crippen LogP contribution in [0, 0.1) is 5.82 Å². The second kappa shape index (κ2) is 7.23. The summed E-state index contributed by atoms with van der Waals surface area (Å²) in [6.45, 7) is 0.196. The average molecular weight is 437 g/mol. The Labute approximate surface area is 179 Å². The number of fused-ring (bicyclic) bond motifs is 3. The highest BCUT2D eigenvalue weighted by atomic mass is 35.5. The van der Waals surface area contributed by atoms with E-state index in [-0.39, 0.29) is 12.4 Å². The molecule has 148 valence electrons. The van der Waals surface area contributed by atoms with Crippen LogP contribution in [0.15, 0.2) is 82.4 Å². The zero-order valence-electron chi connectivity index (χ0n) is 15.5. The van der Waals surface area contributed by atoms with Gasteiger partial charge >= 0.3 is 5.69 Å². The Kier molecular flexibility index (Phi) is 4.53. The van der Waals surface area contributed by atoms with Crippen LogP contribution in [0.5, 0.6) is 0 Å². The van der Waals surface area contributed by atoms with Crippen molar-refractivity contribution in [3.8, 4) is 5.69 Å². The first-order chi connectivity index (χ1) is 14.5. The number of halogens is 2. The normalized spacial score (nSPS) is 11.4. The molecule has 0 radical (unpaired) electrons. The van der Waals surface area contributed by atoms with Gasteiger partial charge in [0.2, 0.25) is 0 Å². The molecule has 2 aromatic heterocycles. The molecule has 0 saturated heterocycles. The summed E-state index contributed by atoms with van der Waals surface area (Å²) in [5.74, 6) is -0.349. The van der Waals surface area contributed by atoms with Gasteiger partial charge in [0.15, 0.2) is 0 Å². The second-order valence-electron chi connectivity index (χ2n) is 6.86. The average Bonchev–Trinajstić information content (AvgIpc) is 3.14. The second-order valence-corrected chi connectivity index (χ2v) is 8.32. The standard InChI is InChI=1S/C23H14ClFN2O2S/c24-17-6-2-3-7-18(17)27-22(28)21-20(16-5-1-4-8-19(16)30-21)26(23(27)29)13-14-9-11-15(25)12-10-14/h1-12H,13H2. The number of hydrogen-bond donors (Lipinski definition) is 0. The molecule has 0 aliphatic rings. The maximum absolute atomic E-state index is 13.6. The van der Waals surface area contributed by atoms with E-state index in [1.807, 2.05) is 24.3 Å². The fourth-order valence-electron chi connectivity index (χ4n) is 3.61. The van der Waals surface area contributed by atoms with Gasteiger partial charge in [0.25, 0.3) is 5.56 Å². The third kappa shape index (κ3) is 2.96. The number of benzene rings is 3. The highest BCUT2D eigenvalue weighted by molar-refractivity contribution is 7.25. The number of nitrogens with zero attached hydrogens (tertiary/aromatic N) is 2. The Balaban J connectivity index is 1.90. The topological polar surface area (TPSA) is 44.0 Å². The van der Waals surface area contributed by atoms with E-state index in [1.165, 1.54) is 23.5 Å². The summed E-state index contributed by atoms with van der Waals surface area (Å²) in [5.41, 5.74) is 0.771. The van der Waals surface area contributed by atoms with E-state index in [4.69, 9.17) is 11.6 Å². The molecule has 0 amide bonds. The molecule has 4 nitrogen and oxygen atoms in total. The van der Waals surface area contributed by atoms with E-state index in [1.54, 1.807) is 41.0 Å². The lowest BCUT2D eigenvalue weighted by Gasteiger charge is -2.13. The smallest absolute Gasteiger partial charge is 0.287 e. The van der Waals surface area contributed by atoms with Crippen molar-refractivity contribution in [3.63, 3.8) is 0 Å². The van der Waals surface area contributed by atoms with Crippen LogP contribution >= 0.6 is 22.9 Å². The van der Waals surface area contributed by atoms with Crippen molar-refractivity contribution in [2.24, 2.45) is 0 Å². The molecule has 5 rings (SSSR count). The predicted molar refractivity (Wildman–Crippen MR) is 120 cm³/mol. The van der Waals surface area contributed by atoms with E-state index in [9.17, 15) is 14.0 Å². The van der Waals surface area contributed by atoms with Crippen molar-refractivity contribution in [3.05, 3.63) is 110 Å². The van der Waals surface area contributed by atoms with Crippen LogP contribution in [0.2, 0.25) is 5.02 Å². The quantitative estimate of drug-likeness (QED) is 0.390. The highest BCUT2D eigenvalue weighted by Crippen LogP contribution is 2.31. The van der Waals surface area contributed by atoms with Crippen LogP contribution < -0.4 is 11.2 Å². The maximum Gasteiger partial charge on any atom is 0.336 e. The SMILES string of the molecule is O=c1c2sc3ccccc3c2n(Cc2ccc(F)cc2)c(=O)n1-c1ccccc1Cl. The number of rotatable bonds is 3. The van der Waals surface area contributed by atoms with Gasteiger partial charge < -0.3 is 0 Å². The van der Waals surface area contributed by atoms with Crippen molar-refractivity contribution >= 4 is 43.2 Å². The third-order valence-electron chi connectivity index (χ3n) is 5.01. The van der Waals surface area contributed by atoms with Crippen LogP contribution in [0.4, 0.5) is 4.39 Å². The van der Waals surface area contributed by atoms with E-state index < -0.39 is 11.2 Å². The first-order valence-electron chi connectivity index (χ1n) is 9.21. The lowest BCUT2D eigenvalue weighted by molar-refractivity contribution is 0.626. The van der Waals surface area contributed by atoms with Gasteiger partial charge in [0, 0.05) is 10.1 Å². The summed E-state index contributed by atoms with van der Waals surface area (Å²) >= 11 is 7.66. The van der Waals surface area contributed by atoms with E-state index in [0.29, 0.717) is 20.9 Å². The molecule has 2 heterocycles. The minimum absolute atomic E-state index is 0.196. The molecule has 30 heavy (non-hydrogen) atoms. The van der Waals surface area contributed by atoms with Crippen molar-refractivity contribution in [2.75, 3.05) is 0 Å². The summed E-state index contributed by atoms with van der Waals surface area (Å²) in [4.78, 5) is 26.9. The Morgan fingerprint density at radius 2 is 1.60 bits per heavy atom. The minimum atomic E-state index is -0.492. The molecular formula is C23H14ClFN2O2S. The van der Waals surface area contributed by atoms with Gasteiger partial charge in [-0.05, 0) is 35.9 Å². The van der Waals surface area contributed by atoms with Gasteiger partial charge in [0.1, 0.15) is 10.5 Å². The van der Waals surface area contributed by atoms with Gasteiger partial charge in [-0.3, -0.25) is 9.36 Å². The van der Waals surface area contributed by atoms with Crippen molar-refractivity contribution < 1.29 is 4.39 Å². The molecular weight excluding hydrogens is 423 g/mol. The molecule has 0 unspecified atom stereocenters. The lowest BCUT2D eigenvalue weighted by Crippen LogP contribution is -2.38. The summed E-state index contributed by atoms with van der Waals surface area (Å²) < 4.78 is 17.4. The Hall–Kier alpha value is -3.22. The molecule has 0 bridgehead atoms. The first-order valence-corrected chi connectivity index (χ1v) is 10.4. The van der Waals surface area contributed by atoms with Gasteiger partial charge in [0.05, 0.1) is 22.8 Å². The molecule has 5 aromatic rings. The van der Waals surface area contributed by atoms with Crippen LogP contribution in [-0.4, -0.2) is 9.13 Å². The Bertz CT molecular complexity index is 1530. The minimum Gasteiger partial charge on any atom is -0.287 e. The van der Waals surface area contributed by atoms with E-state index in [2.05, 4.69) is 0 Å². The fourth-order valence-corrected chi connectivity index (χ4v) is 4.97. The van der Waals surface area contributed by atoms with Crippen molar-refractivity contribution in [1.29, 1.82) is 0 Å². The van der Waals surface area contributed by atoms with Gasteiger partial charge in [-0.2, -0.15) is 0 Å². The molecule has 3 aromatic carbocycles. The monoisotopic (exact) mass is 436 g/mol. The summed E-state index contributed by atoms with van der Waals surface area (Å²) in [7, 11) is 0. The highest BCUT2D eigenvalue weighted by Gasteiger charge is 2.20. The summed E-state index contributed by atoms with van der Waals surface area (Å²) in [5, 5.41) is 1.14. The Morgan fingerprint density at radius 1 is 0.900 bits per heavy atom. The van der Waals surface area contributed by atoms with Gasteiger partial charge in [-0.15, -0.1) is 11.3 Å². The summed E-state index contributed by atoms with van der Waals surface area (Å²) in [6, 6.07) is 20.3. The molecule has 0 fully saturated rings. The lowest BCUT2D eigenvalue weighted by atomic mass is 10.2. The largest absolute Gasteiger partial charge is 0.336 e. The van der Waals surface area contributed by atoms with Crippen LogP contribution in [0.3, 0.4) is 0 Å². The number of hydrogen-bond acceptors (Lipinski definition) is 3. The number of para-hydroxylation sites is 1. The molecule has 7 heteroatoms. The Morgan fingerprint density at radius 3 is 2.37 bits per heavy atom. The molecule has 0 aliphatic carbocycles. The molecule has 0 spiro atoms. The number of aromatic nitrogens is 2. The van der Waals surface area contributed by atoms with Crippen molar-refractivity contribution in [1.82, 2.24) is 9.13 Å².